The van der Waals surface area contributed by atoms with Gasteiger partial charge in [-0.2, -0.15) is 9.98 Å². The zero-order chi connectivity index (χ0) is 18.1. The lowest BCUT2D eigenvalue weighted by Gasteiger charge is -2.38. The summed E-state index contributed by atoms with van der Waals surface area (Å²) in [5, 5.41) is 0.464. The van der Waals surface area contributed by atoms with Gasteiger partial charge in [0.25, 0.3) is 5.91 Å². The van der Waals surface area contributed by atoms with E-state index in [9.17, 15) is 4.79 Å². The highest BCUT2D eigenvalue weighted by atomic mass is 35.5. The van der Waals surface area contributed by atoms with Crippen LogP contribution in [-0.2, 0) is 11.3 Å². The number of nitrogens with zero attached hydrogens (tertiary/aromatic N) is 7. The molecule has 9 heteroatoms. The topological polar surface area (TPSA) is 77.3 Å². The number of piperazine rings is 1. The zero-order valence-corrected chi connectivity index (χ0v) is 15.6. The van der Waals surface area contributed by atoms with E-state index in [-0.39, 0.29) is 11.8 Å². The average molecular weight is 376 g/mol. The fourth-order valence-corrected chi connectivity index (χ4v) is 3.80. The van der Waals surface area contributed by atoms with Crippen molar-refractivity contribution >= 4 is 29.3 Å². The zero-order valence-electron chi connectivity index (χ0n) is 14.8. The molecule has 0 aliphatic carbocycles. The van der Waals surface area contributed by atoms with Crippen LogP contribution in [0.5, 0.6) is 0 Å². The van der Waals surface area contributed by atoms with Crippen molar-refractivity contribution in [2.75, 3.05) is 39.8 Å². The van der Waals surface area contributed by atoms with Crippen LogP contribution in [0.1, 0.15) is 18.7 Å². The van der Waals surface area contributed by atoms with Gasteiger partial charge in [0.15, 0.2) is 0 Å². The Morgan fingerprint density at radius 3 is 2.77 bits per heavy atom. The number of aromatic nitrogens is 2. The predicted octanol–water partition coefficient (Wildman–Crippen LogP) is 0.884. The van der Waals surface area contributed by atoms with Gasteiger partial charge in [-0.3, -0.25) is 9.69 Å². The van der Waals surface area contributed by atoms with E-state index in [0.29, 0.717) is 17.7 Å². The first-order chi connectivity index (χ1) is 12.6. The molecule has 0 radical (unpaired) electrons. The molecule has 2 fully saturated rings. The van der Waals surface area contributed by atoms with Crippen molar-refractivity contribution < 1.29 is 4.79 Å². The number of amidine groups is 1. The summed E-state index contributed by atoms with van der Waals surface area (Å²) in [4.78, 5) is 36.4. The largest absolute Gasteiger partial charge is 0.362 e. The molecule has 138 valence electrons. The number of amides is 1. The van der Waals surface area contributed by atoms with Crippen LogP contribution in [0.3, 0.4) is 0 Å². The summed E-state index contributed by atoms with van der Waals surface area (Å²) in [6, 6.07) is 1.68. The molecule has 4 heterocycles. The second-order valence-corrected chi connectivity index (χ2v) is 7.28. The first-order valence-electron chi connectivity index (χ1n) is 8.97. The molecule has 8 nitrogen and oxygen atoms in total. The van der Waals surface area contributed by atoms with Crippen LogP contribution in [-0.4, -0.2) is 82.1 Å². The Morgan fingerprint density at radius 1 is 1.19 bits per heavy atom. The fourth-order valence-electron chi connectivity index (χ4n) is 3.64. The number of piperidine rings is 1. The molecule has 26 heavy (non-hydrogen) atoms. The highest BCUT2D eigenvalue weighted by molar-refractivity contribution is 6.29. The van der Waals surface area contributed by atoms with Crippen molar-refractivity contribution in [3.05, 3.63) is 23.2 Å². The van der Waals surface area contributed by atoms with Crippen LogP contribution in [0.25, 0.3) is 0 Å². The lowest BCUT2D eigenvalue weighted by molar-refractivity contribution is -0.120. The third-order valence-electron chi connectivity index (χ3n) is 5.10. The number of halogens is 1. The van der Waals surface area contributed by atoms with Gasteiger partial charge in [0.1, 0.15) is 16.8 Å². The van der Waals surface area contributed by atoms with Crippen molar-refractivity contribution in [1.29, 1.82) is 0 Å². The first kappa shape index (κ1) is 17.4. The fraction of sp³-hybridized carbons (Fsp3) is 0.588. The summed E-state index contributed by atoms with van der Waals surface area (Å²) in [6.07, 6.45) is 3.55. The number of fused-ring (bicyclic) bond motifs is 1. The molecule has 1 aromatic rings. The number of hydrogen-bond acceptors (Lipinski definition) is 7. The van der Waals surface area contributed by atoms with Gasteiger partial charge in [-0.05, 0) is 18.9 Å². The van der Waals surface area contributed by atoms with Gasteiger partial charge in [-0.25, -0.2) is 9.97 Å². The van der Waals surface area contributed by atoms with Crippen molar-refractivity contribution in [3.8, 4) is 0 Å². The van der Waals surface area contributed by atoms with Crippen molar-refractivity contribution in [1.82, 2.24) is 24.7 Å². The Balaban J connectivity index is 1.39. The molecule has 4 rings (SSSR count). The van der Waals surface area contributed by atoms with Gasteiger partial charge in [0.05, 0.1) is 12.5 Å². The summed E-state index contributed by atoms with van der Waals surface area (Å²) in [5.41, 5.74) is 0. The molecule has 0 aromatic carbocycles. The Morgan fingerprint density at radius 2 is 2.00 bits per heavy atom. The molecule has 1 amide bonds. The Bertz CT molecular complexity index is 757. The molecular weight excluding hydrogens is 354 g/mol. The quantitative estimate of drug-likeness (QED) is 0.714. The normalized spacial score (nSPS) is 24.2. The molecule has 3 aliphatic rings. The van der Waals surface area contributed by atoms with Crippen LogP contribution in [0.2, 0.25) is 5.15 Å². The predicted molar refractivity (Wildman–Crippen MR) is 99.1 cm³/mol. The van der Waals surface area contributed by atoms with Gasteiger partial charge < -0.3 is 9.80 Å². The summed E-state index contributed by atoms with van der Waals surface area (Å²) >= 11 is 5.92. The molecule has 0 saturated carbocycles. The van der Waals surface area contributed by atoms with E-state index in [0.717, 1.165) is 57.2 Å². The van der Waals surface area contributed by atoms with E-state index >= 15 is 0 Å². The smallest absolute Gasteiger partial charge is 0.259 e. The van der Waals surface area contributed by atoms with E-state index in [1.807, 2.05) is 7.05 Å². The Kier molecular flexibility index (Phi) is 4.86. The van der Waals surface area contributed by atoms with Crippen LogP contribution in [0.15, 0.2) is 22.2 Å². The SMILES string of the molecule is CN1CCCC2C(=O)N=C(N3CCN(Cc4nccc(Cl)n4)CC3)N=C21. The number of aliphatic imine (C=N–C) groups is 2. The van der Waals surface area contributed by atoms with Gasteiger partial charge >= 0.3 is 0 Å². The highest BCUT2D eigenvalue weighted by Gasteiger charge is 2.35. The monoisotopic (exact) mass is 375 g/mol. The molecule has 0 bridgehead atoms. The lowest BCUT2D eigenvalue weighted by atomic mass is 9.95. The maximum Gasteiger partial charge on any atom is 0.259 e. The van der Waals surface area contributed by atoms with Crippen molar-refractivity contribution in [2.45, 2.75) is 19.4 Å². The summed E-state index contributed by atoms with van der Waals surface area (Å²) in [7, 11) is 2.00. The van der Waals surface area contributed by atoms with Crippen LogP contribution in [0, 0.1) is 5.92 Å². The molecular formula is C17H22ClN7O. The highest BCUT2D eigenvalue weighted by Crippen LogP contribution is 2.23. The minimum atomic E-state index is -0.154. The Labute approximate surface area is 157 Å². The summed E-state index contributed by atoms with van der Waals surface area (Å²) in [5.74, 6) is 1.96. The Hall–Kier alpha value is -2.06. The van der Waals surface area contributed by atoms with Gasteiger partial charge in [0.2, 0.25) is 5.96 Å². The van der Waals surface area contributed by atoms with Gasteiger partial charge in [-0.15, -0.1) is 0 Å². The molecule has 1 unspecified atom stereocenters. The minimum Gasteiger partial charge on any atom is -0.362 e. The van der Waals surface area contributed by atoms with E-state index in [2.05, 4.69) is 29.7 Å². The van der Waals surface area contributed by atoms with E-state index in [1.165, 1.54) is 0 Å². The molecule has 3 aliphatic heterocycles. The number of carbonyl (C=O) groups is 1. The van der Waals surface area contributed by atoms with Crippen molar-refractivity contribution in [3.63, 3.8) is 0 Å². The summed E-state index contributed by atoms with van der Waals surface area (Å²) in [6.45, 7) is 4.85. The van der Waals surface area contributed by atoms with Gasteiger partial charge in [-0.1, -0.05) is 11.6 Å². The molecule has 2 saturated heterocycles. The molecule has 0 spiro atoms. The second-order valence-electron chi connectivity index (χ2n) is 6.90. The first-order valence-corrected chi connectivity index (χ1v) is 9.35. The van der Waals surface area contributed by atoms with Crippen molar-refractivity contribution in [2.24, 2.45) is 15.9 Å². The standard InChI is InChI=1S/C17H22ClN7O/c1-23-6-2-3-12-15(23)21-17(22-16(12)26)25-9-7-24(8-10-25)11-14-19-5-4-13(18)20-14/h4-5,12H,2-3,6-11H2,1H3. The number of carbonyl (C=O) groups excluding carboxylic acids is 1. The number of rotatable bonds is 2. The number of likely N-dealkylation sites (tertiary alicyclic amines) is 1. The third kappa shape index (κ3) is 3.57. The molecule has 0 N–H and O–H groups in total. The van der Waals surface area contributed by atoms with E-state index < -0.39 is 0 Å². The molecule has 1 atom stereocenters. The number of hydrogen-bond donors (Lipinski definition) is 0. The van der Waals surface area contributed by atoms with Gasteiger partial charge in [0, 0.05) is 46.0 Å². The number of guanidine groups is 1. The van der Waals surface area contributed by atoms with E-state index in [4.69, 9.17) is 16.6 Å². The van der Waals surface area contributed by atoms with Crippen LogP contribution < -0.4 is 0 Å². The third-order valence-corrected chi connectivity index (χ3v) is 5.31. The maximum absolute atomic E-state index is 12.4. The summed E-state index contributed by atoms with van der Waals surface area (Å²) < 4.78 is 0. The van der Waals surface area contributed by atoms with Crippen LogP contribution in [0.4, 0.5) is 0 Å². The second kappa shape index (κ2) is 7.28. The minimum absolute atomic E-state index is 0.0497. The van der Waals surface area contributed by atoms with E-state index in [1.54, 1.807) is 12.3 Å². The lowest BCUT2D eigenvalue weighted by Crippen LogP contribution is -2.51. The maximum atomic E-state index is 12.4. The van der Waals surface area contributed by atoms with Crippen LogP contribution >= 0.6 is 11.6 Å². The molecule has 1 aromatic heterocycles. The average Bonchev–Trinajstić information content (AvgIpc) is 2.63.